The molecule has 0 rings (SSSR count). The van der Waals surface area contributed by atoms with E-state index in [-0.39, 0.29) is 11.9 Å². The Morgan fingerprint density at radius 2 is 1.94 bits per heavy atom. The lowest BCUT2D eigenvalue weighted by atomic mass is 9.90. The molecule has 0 aliphatic rings. The summed E-state index contributed by atoms with van der Waals surface area (Å²) in [4.78, 5) is 12.3. The van der Waals surface area contributed by atoms with Gasteiger partial charge in [-0.2, -0.15) is 0 Å². The maximum Gasteiger partial charge on any atom is 0.333 e. The Morgan fingerprint density at radius 1 is 1.35 bits per heavy atom. The van der Waals surface area contributed by atoms with Crippen LogP contribution in [0.5, 0.6) is 0 Å². The Bertz CT molecular complexity index is 252. The van der Waals surface area contributed by atoms with Crippen LogP contribution >= 0.6 is 31.9 Å². The van der Waals surface area contributed by atoms with Gasteiger partial charge in [0.2, 0.25) is 0 Å². The maximum absolute atomic E-state index is 11.5. The second-order valence-electron chi connectivity index (χ2n) is 4.35. The smallest absolute Gasteiger partial charge is 0.333 e. The first-order valence-corrected chi connectivity index (χ1v) is 7.80. The minimum Gasteiger partial charge on any atom is -0.466 e. The van der Waals surface area contributed by atoms with Crippen LogP contribution in [0.1, 0.15) is 39.5 Å². The third-order valence-corrected chi connectivity index (χ3v) is 3.90. The number of esters is 1. The molecule has 0 spiro atoms. The molecule has 0 aromatic rings. The second-order valence-corrected chi connectivity index (χ2v) is 7.21. The van der Waals surface area contributed by atoms with Gasteiger partial charge < -0.3 is 4.74 Å². The normalized spacial score (nSPS) is 16.1. The van der Waals surface area contributed by atoms with Crippen molar-refractivity contribution in [1.29, 1.82) is 0 Å². The van der Waals surface area contributed by atoms with E-state index in [2.05, 4.69) is 52.3 Å². The molecular weight excluding hydrogens is 348 g/mol. The first kappa shape index (κ1) is 17.2. The van der Waals surface area contributed by atoms with E-state index in [1.54, 1.807) is 0 Å². The molecule has 100 valence electrons. The van der Waals surface area contributed by atoms with Gasteiger partial charge in [-0.05, 0) is 25.2 Å². The predicted molar refractivity (Wildman–Crippen MR) is 79.9 cm³/mol. The Balaban J connectivity index is 4.52. The molecule has 2 nitrogen and oxygen atoms in total. The van der Waals surface area contributed by atoms with Crippen molar-refractivity contribution in [3.05, 3.63) is 12.2 Å². The molecule has 0 heterocycles. The van der Waals surface area contributed by atoms with Gasteiger partial charge in [0.1, 0.15) is 0 Å². The Labute approximate surface area is 121 Å². The minimum absolute atomic E-state index is 0.174. The Morgan fingerprint density at radius 3 is 2.35 bits per heavy atom. The predicted octanol–water partition coefficient (Wildman–Crippen LogP) is 4.46. The lowest BCUT2D eigenvalue weighted by molar-refractivity contribution is -0.136. The molecule has 0 bridgehead atoms. The van der Waals surface area contributed by atoms with Gasteiger partial charge in [0.05, 0.1) is 7.11 Å². The van der Waals surface area contributed by atoms with Gasteiger partial charge in [-0.3, -0.25) is 0 Å². The lowest BCUT2D eigenvalue weighted by Crippen LogP contribution is -2.19. The molecule has 0 aromatic carbocycles. The van der Waals surface area contributed by atoms with Crippen molar-refractivity contribution in [2.75, 3.05) is 7.11 Å². The van der Waals surface area contributed by atoms with E-state index in [9.17, 15) is 4.79 Å². The number of alkyl halides is 2. The summed E-state index contributed by atoms with van der Waals surface area (Å²) in [7, 11) is 1.40. The van der Waals surface area contributed by atoms with Gasteiger partial charge >= 0.3 is 5.97 Å². The summed E-state index contributed by atoms with van der Waals surface area (Å²) in [6, 6.07) is 0. The molecular formula is C13H22Br2O2. The molecule has 0 amide bonds. The van der Waals surface area contributed by atoms with Crippen molar-refractivity contribution in [3.8, 4) is 0 Å². The highest BCUT2D eigenvalue weighted by Gasteiger charge is 2.23. The minimum atomic E-state index is -0.292. The van der Waals surface area contributed by atoms with Crippen LogP contribution in [0.3, 0.4) is 0 Å². The fourth-order valence-corrected chi connectivity index (χ4v) is 3.17. The summed E-state index contributed by atoms with van der Waals surface area (Å²) >= 11 is 7.19. The molecule has 0 fully saturated rings. The van der Waals surface area contributed by atoms with E-state index in [1.807, 2.05) is 0 Å². The van der Waals surface area contributed by atoms with Crippen molar-refractivity contribution in [2.45, 2.75) is 49.2 Å². The second kappa shape index (κ2) is 9.15. The van der Waals surface area contributed by atoms with Crippen LogP contribution in [-0.4, -0.2) is 22.7 Å². The summed E-state index contributed by atoms with van der Waals surface area (Å²) in [5.41, 5.74) is 0.583. The van der Waals surface area contributed by atoms with E-state index in [0.29, 0.717) is 15.2 Å². The lowest BCUT2D eigenvalue weighted by Gasteiger charge is -2.22. The average Bonchev–Trinajstić information content (AvgIpc) is 2.25. The van der Waals surface area contributed by atoms with Crippen molar-refractivity contribution in [3.63, 3.8) is 0 Å². The van der Waals surface area contributed by atoms with Crippen molar-refractivity contribution in [2.24, 2.45) is 5.92 Å². The zero-order valence-electron chi connectivity index (χ0n) is 10.8. The molecule has 0 radical (unpaired) electrons. The number of carbonyl (C=O) groups excluding carboxylic acids is 1. The standard InChI is InChI=1S/C13H22Br2O2/c1-5-6-12(15)8-11(7-9(2)14)10(3)13(16)17-4/h9,11-12H,3,5-8H2,1-2,4H3. The summed E-state index contributed by atoms with van der Waals surface area (Å²) in [5, 5.41) is 0. The zero-order chi connectivity index (χ0) is 13.4. The SMILES string of the molecule is C=C(C(=O)OC)C(CC(C)Br)CC(Br)CCC. The highest BCUT2D eigenvalue weighted by atomic mass is 79.9. The molecule has 0 aliphatic carbocycles. The number of methoxy groups -OCH3 is 1. The number of hydrogen-bond donors (Lipinski definition) is 0. The molecule has 0 saturated heterocycles. The maximum atomic E-state index is 11.5. The topological polar surface area (TPSA) is 26.3 Å². The highest BCUT2D eigenvalue weighted by molar-refractivity contribution is 9.09. The number of hydrogen-bond acceptors (Lipinski definition) is 2. The Hall–Kier alpha value is 0.170. The van der Waals surface area contributed by atoms with E-state index >= 15 is 0 Å². The average molecular weight is 370 g/mol. The monoisotopic (exact) mass is 368 g/mol. The zero-order valence-corrected chi connectivity index (χ0v) is 14.0. The van der Waals surface area contributed by atoms with Crippen LogP contribution in [0.2, 0.25) is 0 Å². The largest absolute Gasteiger partial charge is 0.466 e. The molecule has 0 saturated carbocycles. The van der Waals surface area contributed by atoms with Gasteiger partial charge in [-0.15, -0.1) is 0 Å². The quantitative estimate of drug-likeness (QED) is 0.358. The van der Waals surface area contributed by atoms with Gasteiger partial charge in [-0.1, -0.05) is 58.7 Å². The fourth-order valence-electron chi connectivity index (χ4n) is 1.81. The van der Waals surface area contributed by atoms with Crippen LogP contribution in [0.4, 0.5) is 0 Å². The molecule has 0 N–H and O–H groups in total. The van der Waals surface area contributed by atoms with Crippen LogP contribution in [0, 0.1) is 5.92 Å². The van der Waals surface area contributed by atoms with E-state index in [0.717, 1.165) is 25.7 Å². The van der Waals surface area contributed by atoms with E-state index < -0.39 is 0 Å². The van der Waals surface area contributed by atoms with Crippen LogP contribution in [-0.2, 0) is 9.53 Å². The van der Waals surface area contributed by atoms with Crippen LogP contribution in [0.15, 0.2) is 12.2 Å². The molecule has 17 heavy (non-hydrogen) atoms. The van der Waals surface area contributed by atoms with E-state index in [1.165, 1.54) is 7.11 Å². The number of rotatable bonds is 8. The fraction of sp³-hybridized carbons (Fsp3) is 0.769. The molecule has 3 unspecified atom stereocenters. The van der Waals surface area contributed by atoms with Gasteiger partial charge in [0.15, 0.2) is 0 Å². The molecule has 0 aromatic heterocycles. The van der Waals surface area contributed by atoms with Gasteiger partial charge in [-0.25, -0.2) is 4.79 Å². The molecule has 0 aliphatic heterocycles. The first-order valence-electron chi connectivity index (χ1n) is 5.97. The first-order chi connectivity index (χ1) is 7.92. The molecule has 4 heteroatoms. The number of ether oxygens (including phenoxy) is 1. The summed E-state index contributed by atoms with van der Waals surface area (Å²) in [6.07, 6.45) is 4.08. The number of halogens is 2. The Kier molecular flexibility index (Phi) is 9.24. The van der Waals surface area contributed by atoms with Crippen LogP contribution in [0.25, 0.3) is 0 Å². The summed E-state index contributed by atoms with van der Waals surface area (Å²) in [6.45, 7) is 8.12. The summed E-state index contributed by atoms with van der Waals surface area (Å²) < 4.78 is 4.75. The van der Waals surface area contributed by atoms with Gasteiger partial charge in [0, 0.05) is 15.2 Å². The van der Waals surface area contributed by atoms with E-state index in [4.69, 9.17) is 4.74 Å². The van der Waals surface area contributed by atoms with Crippen LogP contribution < -0.4 is 0 Å². The third-order valence-electron chi connectivity index (χ3n) is 2.69. The number of carbonyl (C=O) groups is 1. The van der Waals surface area contributed by atoms with Crippen molar-refractivity contribution in [1.82, 2.24) is 0 Å². The van der Waals surface area contributed by atoms with Crippen molar-refractivity contribution < 1.29 is 9.53 Å². The summed E-state index contributed by atoms with van der Waals surface area (Å²) in [5.74, 6) is -0.118. The third kappa shape index (κ3) is 7.24. The van der Waals surface area contributed by atoms with Crippen molar-refractivity contribution >= 4 is 37.8 Å². The molecule has 3 atom stereocenters. The van der Waals surface area contributed by atoms with Gasteiger partial charge in [0.25, 0.3) is 0 Å². The highest BCUT2D eigenvalue weighted by Crippen LogP contribution is 2.29.